The lowest BCUT2D eigenvalue weighted by Gasteiger charge is -2.49. The molecule has 3 fully saturated rings. The maximum atomic E-state index is 13.7. The molecule has 20 N–H and O–H groups in total. The highest BCUT2D eigenvalue weighted by Crippen LogP contribution is 2.43. The number of aliphatic hydroxyl groups excluding tert-OH is 8. The number of aliphatic hydroxyl groups is 8. The average molecular weight is 1150 g/mol. The lowest BCUT2D eigenvalue weighted by Crippen LogP contribution is -2.69. The molecule has 2 amide bonds. The van der Waals surface area contributed by atoms with Gasteiger partial charge in [0.1, 0.15) is 67.1 Å². The van der Waals surface area contributed by atoms with E-state index >= 15 is 0 Å². The predicted molar refractivity (Wildman–Crippen MR) is 292 cm³/mol. The van der Waals surface area contributed by atoms with Gasteiger partial charge >= 0.3 is 11.9 Å². The average Bonchev–Trinajstić information content (AvgIpc) is 4.28. The third-order valence-corrected chi connectivity index (χ3v) is 16.8. The summed E-state index contributed by atoms with van der Waals surface area (Å²) in [7, 11) is 0. The zero-order valence-electron chi connectivity index (χ0n) is 46.4. The molecule has 0 aromatic carbocycles. The maximum absolute atomic E-state index is 13.7. The van der Waals surface area contributed by atoms with Gasteiger partial charge in [-0.2, -0.15) is 0 Å². The zero-order chi connectivity index (χ0) is 59.9. The molecule has 27 nitrogen and oxygen atoms in total. The van der Waals surface area contributed by atoms with Crippen molar-refractivity contribution in [3.63, 3.8) is 0 Å². The number of aliphatic carboxylic acids is 1. The van der Waals surface area contributed by atoms with Crippen LogP contribution >= 0.6 is 0 Å². The SMILES string of the molecule is CCC1=C(C)c2cc3[nH]c(cc4nc(c(CC(=O)O)c5[nH]c(cc1n2)c(C)c5C(=O)O)[C@@H](CCC(=O)NCC[C@@H](O)C(=O)NC1CC(N)C(OC2OC(CN)C(O)C(O)C2O)C(O)C1OC1OC(CO)C(O)C(N)C1O)[C@@H]4C)c(C)c3C. The summed E-state index contributed by atoms with van der Waals surface area (Å²) in [5.74, 6) is -5.08. The summed E-state index contributed by atoms with van der Waals surface area (Å²) in [6.07, 6.45) is -21.9. The highest BCUT2D eigenvalue weighted by Gasteiger charge is 2.53. The Morgan fingerprint density at radius 3 is 2.09 bits per heavy atom. The number of carbonyl (C=O) groups excluding carboxylic acids is 2. The Morgan fingerprint density at radius 2 is 1.44 bits per heavy atom. The molecule has 82 heavy (non-hydrogen) atoms. The molecule has 8 bridgehead atoms. The minimum absolute atomic E-state index is 0.0640. The molecular weight excluding hydrogens is 1070 g/mol. The first-order chi connectivity index (χ1) is 38.8. The number of ether oxygens (including phenoxy) is 4. The molecule has 2 saturated heterocycles. The van der Waals surface area contributed by atoms with Crippen LogP contribution in [0.15, 0.2) is 18.2 Å². The van der Waals surface area contributed by atoms with E-state index in [1.54, 1.807) is 13.0 Å². The fourth-order valence-electron chi connectivity index (χ4n) is 11.7. The molecule has 1 saturated carbocycles. The third-order valence-electron chi connectivity index (χ3n) is 16.8. The second kappa shape index (κ2) is 25.6. The van der Waals surface area contributed by atoms with Crippen LogP contribution in [0.3, 0.4) is 0 Å². The number of nitrogens with two attached hydrogens (primary N) is 3. The lowest BCUT2D eigenvalue weighted by molar-refractivity contribution is -0.332. The summed E-state index contributed by atoms with van der Waals surface area (Å²) in [4.78, 5) is 70.2. The van der Waals surface area contributed by atoms with Crippen molar-refractivity contribution in [3.8, 4) is 0 Å². The first-order valence-corrected chi connectivity index (χ1v) is 27.5. The standard InChI is InChI=1S/C55H77N9O18/c1-7-24-21(4)30-14-28-19(2)20(3)29(60-28)15-31-22(5)25(42(62-31)26(12-39(68)69)43-40(53(77)78)23(6)32(63-43)16-33(24)61-30)8-9-38(67)59-11-10-35(66)52(76)64-34-13-27(57)50(81-55-48(74)47(73)45(71)36(17-56)79-55)49(75)51(34)82-54-46(72)41(58)44(70)37(18-65)80-54/h14-16,22,25,27,34-37,41,44-51,54-55,60,63,65-66,70-75H,7-13,17-18,56-58H2,1-6H3,(H,59,67)(H,64,76)(H,68,69)(H,77,78)/t22-,25-,27?,34?,35+,36?,37?,41?,44?,45?,46?,47?,48?,49?,50?,51?,54?,55?/m0/s1. The molecule has 27 heteroatoms. The van der Waals surface area contributed by atoms with Crippen molar-refractivity contribution >= 4 is 57.0 Å². The first-order valence-electron chi connectivity index (χ1n) is 27.5. The number of aryl methyl sites for hydroxylation is 3. The Hall–Kier alpha value is -5.86. The molecule has 1 aliphatic carbocycles. The topological polar surface area (TPSA) is 467 Å². The van der Waals surface area contributed by atoms with Gasteiger partial charge in [-0.25, -0.2) is 9.78 Å². The quantitative estimate of drug-likeness (QED) is 0.0676. The Morgan fingerprint density at radius 1 is 0.805 bits per heavy atom. The number of nitrogens with zero attached hydrogens (tertiary/aromatic N) is 2. The van der Waals surface area contributed by atoms with Gasteiger partial charge in [-0.05, 0) is 99.4 Å². The molecule has 450 valence electrons. The number of aromatic amines is 2. The van der Waals surface area contributed by atoms with Gasteiger partial charge in [0.25, 0.3) is 0 Å². The van der Waals surface area contributed by atoms with Crippen molar-refractivity contribution in [3.05, 3.63) is 68.8 Å². The highest BCUT2D eigenvalue weighted by atomic mass is 16.7. The smallest absolute Gasteiger partial charge is 0.338 e. The molecule has 0 radical (unpaired) electrons. The minimum Gasteiger partial charge on any atom is -0.481 e. The van der Waals surface area contributed by atoms with Crippen LogP contribution in [0.5, 0.6) is 0 Å². The van der Waals surface area contributed by atoms with Crippen molar-refractivity contribution in [2.24, 2.45) is 17.2 Å². The number of carbonyl (C=O) groups is 4. The fraction of sp³-hybridized carbons (Fsp3) is 0.600. The van der Waals surface area contributed by atoms with Gasteiger partial charge in [-0.3, -0.25) is 19.4 Å². The normalized spacial score (nSPS) is 31.6. The van der Waals surface area contributed by atoms with Crippen LogP contribution in [0.25, 0.3) is 33.2 Å². The van der Waals surface area contributed by atoms with Crippen molar-refractivity contribution in [1.82, 2.24) is 30.6 Å². The molecular formula is C55H77N9O18. The molecule has 15 unspecified atom stereocenters. The summed E-state index contributed by atoms with van der Waals surface area (Å²) in [6.45, 7) is 10.2. The monoisotopic (exact) mass is 1150 g/mol. The van der Waals surface area contributed by atoms with Crippen LogP contribution in [0.4, 0.5) is 0 Å². The van der Waals surface area contributed by atoms with Crippen molar-refractivity contribution < 1.29 is 89.2 Å². The number of fused-ring (bicyclic) bond motifs is 8. The van der Waals surface area contributed by atoms with Crippen LogP contribution in [-0.2, 0) is 39.8 Å². The van der Waals surface area contributed by atoms with Crippen molar-refractivity contribution in [2.75, 3.05) is 19.7 Å². The second-order valence-electron chi connectivity index (χ2n) is 22.0. The Labute approximate surface area is 470 Å². The van der Waals surface area contributed by atoms with Crippen molar-refractivity contribution in [2.45, 2.75) is 190 Å². The van der Waals surface area contributed by atoms with Crippen LogP contribution in [0.2, 0.25) is 0 Å². The number of amides is 2. The van der Waals surface area contributed by atoms with Crippen molar-refractivity contribution in [1.29, 1.82) is 0 Å². The maximum Gasteiger partial charge on any atom is 0.338 e. The number of carboxylic acids is 2. The Balaban J connectivity index is 1.01. The van der Waals surface area contributed by atoms with Gasteiger partial charge in [-0.15, -0.1) is 0 Å². The molecule has 0 spiro atoms. The molecule has 18 atom stereocenters. The summed E-state index contributed by atoms with van der Waals surface area (Å²) in [5, 5.41) is 112. The molecule has 3 aromatic rings. The Kier molecular flexibility index (Phi) is 19.4. The van der Waals surface area contributed by atoms with Crippen LogP contribution < -0.4 is 27.8 Å². The van der Waals surface area contributed by atoms with E-state index in [2.05, 4.69) is 20.6 Å². The first kappa shape index (κ1) is 62.2. The number of rotatable bonds is 18. The number of aromatic carboxylic acids is 1. The van der Waals surface area contributed by atoms with Gasteiger partial charge in [-0.1, -0.05) is 13.8 Å². The van der Waals surface area contributed by atoms with E-state index in [0.717, 1.165) is 39.0 Å². The highest BCUT2D eigenvalue weighted by molar-refractivity contribution is 6.02. The van der Waals surface area contributed by atoms with Crippen LogP contribution in [0.1, 0.15) is 120 Å². The van der Waals surface area contributed by atoms with Gasteiger partial charge in [0.15, 0.2) is 12.6 Å². The van der Waals surface area contributed by atoms with E-state index in [9.17, 15) is 70.2 Å². The van der Waals surface area contributed by atoms with Gasteiger partial charge in [0.05, 0.1) is 53.3 Å². The fourth-order valence-corrected chi connectivity index (χ4v) is 11.7. The number of hydrogen-bond acceptors (Lipinski definition) is 21. The summed E-state index contributed by atoms with van der Waals surface area (Å²) < 4.78 is 23.1. The minimum atomic E-state index is -1.87. The molecule has 3 aromatic heterocycles. The summed E-state index contributed by atoms with van der Waals surface area (Å²) >= 11 is 0. The molecule has 4 aliphatic heterocycles. The van der Waals surface area contributed by atoms with Crippen LogP contribution in [0, 0.1) is 20.8 Å². The molecule has 8 rings (SSSR count). The largest absolute Gasteiger partial charge is 0.481 e. The van der Waals surface area contributed by atoms with E-state index < -0.39 is 146 Å². The van der Waals surface area contributed by atoms with Crippen LogP contribution in [-0.4, -0.2) is 212 Å². The van der Waals surface area contributed by atoms with E-state index in [-0.39, 0.29) is 55.4 Å². The summed E-state index contributed by atoms with van der Waals surface area (Å²) in [6, 6.07) is 1.72. The summed E-state index contributed by atoms with van der Waals surface area (Å²) in [5.41, 5.74) is 26.7. The van der Waals surface area contributed by atoms with E-state index in [1.807, 2.05) is 46.8 Å². The number of allylic oxidation sites excluding steroid dienone is 2. The van der Waals surface area contributed by atoms with Gasteiger partial charge < -0.3 is 108 Å². The zero-order valence-corrected chi connectivity index (χ0v) is 46.4. The number of carboxylic acid groups (broad SMARTS) is 2. The van der Waals surface area contributed by atoms with Gasteiger partial charge in [0, 0.05) is 65.2 Å². The lowest BCUT2D eigenvalue weighted by atomic mass is 9.83. The number of nitrogens with one attached hydrogen (secondary N) is 4. The predicted octanol–water partition coefficient (Wildman–Crippen LogP) is -1.68. The van der Waals surface area contributed by atoms with Gasteiger partial charge in [0.2, 0.25) is 11.8 Å². The number of aromatic nitrogens is 4. The van der Waals surface area contributed by atoms with E-state index in [1.165, 1.54) is 0 Å². The number of H-pyrrole nitrogens is 2. The second-order valence-corrected chi connectivity index (χ2v) is 22.0. The Bertz CT molecular complexity index is 3090. The number of hydrogen-bond donors (Lipinski definition) is 17. The molecule has 7 heterocycles. The van der Waals surface area contributed by atoms with E-state index in [4.69, 9.17) is 46.1 Å². The van der Waals surface area contributed by atoms with E-state index in [0.29, 0.717) is 34.6 Å². The third kappa shape index (κ3) is 12.4. The molecule has 5 aliphatic rings.